The van der Waals surface area contributed by atoms with Crippen LogP contribution in [0.15, 0.2) is 42.7 Å². The molecule has 0 spiro atoms. The second-order valence-electron chi connectivity index (χ2n) is 5.81. The molecule has 0 N–H and O–H groups in total. The maximum absolute atomic E-state index is 2.38. The van der Waals surface area contributed by atoms with Gasteiger partial charge in [0.05, 0.1) is 0 Å². The normalized spacial score (nSPS) is 15.4. The summed E-state index contributed by atoms with van der Waals surface area (Å²) in [5.74, 6) is 0. The van der Waals surface area contributed by atoms with E-state index < -0.39 is 0 Å². The molecule has 6 heteroatoms. The van der Waals surface area contributed by atoms with E-state index in [-0.39, 0.29) is 0 Å². The van der Waals surface area contributed by atoms with Gasteiger partial charge in [0.25, 0.3) is 0 Å². The van der Waals surface area contributed by atoms with Crippen LogP contribution in [0.4, 0.5) is 0 Å². The van der Waals surface area contributed by atoms with Crippen molar-refractivity contribution in [2.24, 2.45) is 7.05 Å². The maximum atomic E-state index is 2.38. The molecule has 3 nitrogen and oxygen atoms in total. The first kappa shape index (κ1) is 19.9. The van der Waals surface area contributed by atoms with E-state index in [0.29, 0.717) is 0 Å². The van der Waals surface area contributed by atoms with Gasteiger partial charge < -0.3 is 0 Å². The van der Waals surface area contributed by atoms with Crippen molar-refractivity contribution in [2.45, 2.75) is 44.7 Å². The van der Waals surface area contributed by atoms with Crippen molar-refractivity contribution in [3.8, 4) is 0 Å². The van der Waals surface area contributed by atoms with Gasteiger partial charge >= 0.3 is 94.2 Å². The van der Waals surface area contributed by atoms with E-state index in [1.165, 1.54) is 41.5 Å². The van der Waals surface area contributed by atoms with Gasteiger partial charge in [-0.1, -0.05) is 19.3 Å². The number of imidazole rings is 1. The average molecular weight is 718 g/mol. The Kier molecular flexibility index (Phi) is 9.08. The van der Waals surface area contributed by atoms with Crippen LogP contribution in [0, 0.1) is 3.80 Å². The van der Waals surface area contributed by atoms with Crippen LogP contribution in [-0.2, 0) is 32.9 Å². The van der Waals surface area contributed by atoms with E-state index in [2.05, 4.69) is 119 Å². The summed E-state index contributed by atoms with van der Waals surface area (Å²) in [5.41, 5.74) is 1.34. The van der Waals surface area contributed by atoms with Gasteiger partial charge in [-0.2, -0.15) is 1.33 Å². The first-order chi connectivity index (χ1) is 11.1. The van der Waals surface area contributed by atoms with Gasteiger partial charge in [-0.3, -0.25) is 0 Å². The molecule has 1 aromatic heterocycles. The topological polar surface area (TPSA) is 13.1 Å². The molecular formula is C17H23I2N3Pt. The summed E-state index contributed by atoms with van der Waals surface area (Å²) in [6.07, 6.45) is 11.3. The minimum absolute atomic E-state index is 0.861. The zero-order valence-electron chi connectivity index (χ0n) is 13.3. The van der Waals surface area contributed by atoms with Crippen molar-refractivity contribution < 1.29 is 19.4 Å². The molecule has 23 heavy (non-hydrogen) atoms. The fraction of sp³-hybridized carbons (Fsp3) is 0.471. The van der Waals surface area contributed by atoms with E-state index in [1.807, 2.05) is 6.07 Å². The molecule has 130 valence electrons. The average Bonchev–Trinajstić information content (AvgIpc) is 2.89. The van der Waals surface area contributed by atoms with Crippen molar-refractivity contribution in [1.82, 2.24) is 10.5 Å². The smallest absolute Gasteiger partial charge is 0.0311 e. The third-order valence-electron chi connectivity index (χ3n) is 4.01. The molecule has 0 aliphatic heterocycles. The number of halogens is 2. The molecule has 1 aliphatic rings. The summed E-state index contributed by atoms with van der Waals surface area (Å²) in [4.78, 5) is 0. The summed E-state index contributed by atoms with van der Waals surface area (Å²) in [7, 11) is 2.06. The second kappa shape index (κ2) is 10.5. The molecule has 1 fully saturated rings. The summed E-state index contributed by atoms with van der Waals surface area (Å²) in [5, 5.41) is 0. The molecule has 0 unspecified atom stereocenters. The number of rotatable bonds is 3. The number of nitrogens with zero attached hydrogens (tertiary/aromatic N) is 3. The SMILES string of the molecule is Cn1ccn(Cc2ccccc2)[c]1=[Pt].IN(I)C1CCCCC1. The van der Waals surface area contributed by atoms with Gasteiger partial charge in [-0.25, -0.2) is 0 Å². The van der Waals surface area contributed by atoms with E-state index in [0.717, 1.165) is 12.6 Å². The standard InChI is InChI=1S/C11H12N2.C6H11I2N.Pt/c1-12-7-8-13(10-12)9-11-5-3-2-4-6-11;7-9(8)6-4-2-1-3-5-6;/h2-8H,9H2,1H3;6H,1-5H2;. The van der Waals surface area contributed by atoms with Gasteiger partial charge in [0, 0.05) is 51.8 Å². The molecule has 0 bridgehead atoms. The number of hydrogen-bond donors (Lipinski definition) is 0. The van der Waals surface area contributed by atoms with Gasteiger partial charge in [-0.05, 0) is 12.8 Å². The molecule has 0 saturated heterocycles. The van der Waals surface area contributed by atoms with Crippen molar-refractivity contribution in [3.05, 3.63) is 52.1 Å². The number of hydrogen-bond acceptors (Lipinski definition) is 1. The first-order valence-corrected chi connectivity index (χ1v) is 11.0. The van der Waals surface area contributed by atoms with Crippen molar-refractivity contribution in [2.75, 3.05) is 0 Å². The van der Waals surface area contributed by atoms with Gasteiger partial charge in [0.1, 0.15) is 0 Å². The number of aryl methyl sites for hydroxylation is 1. The maximum Gasteiger partial charge on any atom is 0.0311 e. The van der Waals surface area contributed by atoms with Crippen LogP contribution in [0.5, 0.6) is 0 Å². The van der Waals surface area contributed by atoms with Crippen LogP contribution < -0.4 is 0 Å². The Morgan fingerprint density at radius 1 is 1.09 bits per heavy atom. The quantitative estimate of drug-likeness (QED) is 0.312. The Hall–Kier alpha value is 0.538. The molecule has 3 rings (SSSR count). The summed E-state index contributed by atoms with van der Waals surface area (Å²) < 4.78 is 7.89. The Bertz CT molecular complexity index is 631. The number of aromatic nitrogens is 2. The Balaban J connectivity index is 0.000000185. The summed E-state index contributed by atoms with van der Waals surface area (Å²) in [6, 6.07) is 11.4. The zero-order chi connectivity index (χ0) is 16.7. The monoisotopic (exact) mass is 718 g/mol. The molecule has 2 aromatic rings. The second-order valence-corrected chi connectivity index (χ2v) is 10.8. The Labute approximate surface area is 177 Å². The fourth-order valence-electron chi connectivity index (χ4n) is 2.67. The predicted molar refractivity (Wildman–Crippen MR) is 109 cm³/mol. The Morgan fingerprint density at radius 2 is 1.74 bits per heavy atom. The summed E-state index contributed by atoms with van der Waals surface area (Å²) in [6.45, 7) is 0.945. The zero-order valence-corrected chi connectivity index (χ0v) is 19.9. The van der Waals surface area contributed by atoms with E-state index in [9.17, 15) is 0 Å². The third-order valence-corrected chi connectivity index (χ3v) is 7.03. The van der Waals surface area contributed by atoms with Crippen LogP contribution in [0.25, 0.3) is 0 Å². The largest absolute Gasteiger partial charge is 0.185 e. The molecule has 1 heterocycles. The van der Waals surface area contributed by atoms with Crippen molar-refractivity contribution in [1.29, 1.82) is 0 Å². The fourth-order valence-corrected chi connectivity index (χ4v) is 4.30. The van der Waals surface area contributed by atoms with E-state index in [1.54, 1.807) is 0 Å². The van der Waals surface area contributed by atoms with Crippen molar-refractivity contribution in [3.63, 3.8) is 0 Å². The van der Waals surface area contributed by atoms with E-state index >= 15 is 0 Å². The van der Waals surface area contributed by atoms with Crippen LogP contribution in [0.3, 0.4) is 0 Å². The van der Waals surface area contributed by atoms with Gasteiger partial charge in [0.2, 0.25) is 0 Å². The first-order valence-electron chi connectivity index (χ1n) is 7.90. The molecule has 0 radical (unpaired) electrons. The van der Waals surface area contributed by atoms with Gasteiger partial charge in [-0.15, -0.1) is 0 Å². The van der Waals surface area contributed by atoms with Crippen LogP contribution >= 0.6 is 45.7 Å². The van der Waals surface area contributed by atoms with E-state index in [4.69, 9.17) is 0 Å². The molecule has 1 aliphatic carbocycles. The molecule has 1 aromatic carbocycles. The predicted octanol–water partition coefficient (Wildman–Crippen LogP) is 5.27. The molecule has 0 amide bonds. The van der Waals surface area contributed by atoms with Crippen LogP contribution in [0.2, 0.25) is 0 Å². The Morgan fingerprint density at radius 3 is 2.22 bits per heavy atom. The van der Waals surface area contributed by atoms with Crippen LogP contribution in [0.1, 0.15) is 37.7 Å². The van der Waals surface area contributed by atoms with Crippen LogP contribution in [-0.4, -0.2) is 16.5 Å². The van der Waals surface area contributed by atoms with Gasteiger partial charge in [0.15, 0.2) is 0 Å². The minimum Gasteiger partial charge on any atom is -0.185 e. The third kappa shape index (κ3) is 6.75. The molecule has 0 atom stereocenters. The molecule has 1 saturated carbocycles. The van der Waals surface area contributed by atoms with Crippen molar-refractivity contribution >= 4 is 45.7 Å². The summed E-state index contributed by atoms with van der Waals surface area (Å²) >= 11 is 7.10. The minimum atomic E-state index is 0.861. The number of benzene rings is 1. The molecular weight excluding hydrogens is 695 g/mol.